The average Bonchev–Trinajstić information content (AvgIpc) is 2.15. The summed E-state index contributed by atoms with van der Waals surface area (Å²) in [6.45, 7) is 5.08. The van der Waals surface area contributed by atoms with Gasteiger partial charge in [-0.25, -0.2) is 0 Å². The maximum Gasteiger partial charge on any atom is 0.142 e. The Balaban J connectivity index is 2.41. The third-order valence-corrected chi connectivity index (χ3v) is 4.07. The second kappa shape index (κ2) is 3.66. The number of hydrogen-bond acceptors (Lipinski definition) is 3. The molecule has 15 heavy (non-hydrogen) atoms. The molecule has 1 aliphatic heterocycles. The van der Waals surface area contributed by atoms with Crippen LogP contribution in [0.2, 0.25) is 0 Å². The van der Waals surface area contributed by atoms with Crippen molar-refractivity contribution in [2.24, 2.45) is 0 Å². The second-order valence-electron chi connectivity index (χ2n) is 4.43. The summed E-state index contributed by atoms with van der Waals surface area (Å²) in [7, 11) is -0.151. The summed E-state index contributed by atoms with van der Waals surface area (Å²) in [6, 6.07) is 5.84. The van der Waals surface area contributed by atoms with E-state index in [-0.39, 0.29) is 0 Å². The standard InChI is InChI=1S/C11H16NO2P/c1-12-7-9-6-10(15(2,3)13)4-5-11(9)14-8-12/h4-6H,7-8H2,1-3H3. The van der Waals surface area contributed by atoms with Crippen LogP contribution in [0.3, 0.4) is 0 Å². The van der Waals surface area contributed by atoms with E-state index in [1.54, 1.807) is 13.3 Å². The van der Waals surface area contributed by atoms with Crippen molar-refractivity contribution >= 4 is 12.4 Å². The van der Waals surface area contributed by atoms with Gasteiger partial charge in [0.05, 0.1) is 0 Å². The number of rotatable bonds is 1. The molecule has 0 amide bonds. The maximum absolute atomic E-state index is 11.9. The van der Waals surface area contributed by atoms with Gasteiger partial charge in [-0.3, -0.25) is 4.90 Å². The van der Waals surface area contributed by atoms with Gasteiger partial charge in [0.15, 0.2) is 0 Å². The fourth-order valence-electron chi connectivity index (χ4n) is 1.68. The second-order valence-corrected chi connectivity index (χ2v) is 7.65. The molecule has 0 saturated carbocycles. The Bertz CT molecular complexity index is 425. The third kappa shape index (κ3) is 2.24. The highest BCUT2D eigenvalue weighted by atomic mass is 31.2. The van der Waals surface area contributed by atoms with Crippen molar-refractivity contribution in [3.05, 3.63) is 23.8 Å². The summed E-state index contributed by atoms with van der Waals surface area (Å²) < 4.78 is 17.5. The van der Waals surface area contributed by atoms with E-state index in [0.29, 0.717) is 6.73 Å². The monoisotopic (exact) mass is 225 g/mol. The molecule has 0 spiro atoms. The average molecular weight is 225 g/mol. The van der Waals surface area contributed by atoms with Gasteiger partial charge < -0.3 is 9.30 Å². The lowest BCUT2D eigenvalue weighted by molar-refractivity contribution is 0.121. The summed E-state index contributed by atoms with van der Waals surface area (Å²) >= 11 is 0. The lowest BCUT2D eigenvalue weighted by Crippen LogP contribution is -2.28. The molecule has 0 N–H and O–H groups in total. The molecular formula is C11H16NO2P. The predicted molar refractivity (Wildman–Crippen MR) is 62.5 cm³/mol. The van der Waals surface area contributed by atoms with E-state index in [4.69, 9.17) is 4.74 Å². The molecule has 0 aromatic heterocycles. The third-order valence-electron chi connectivity index (χ3n) is 2.55. The Morgan fingerprint density at radius 3 is 2.80 bits per heavy atom. The molecule has 1 heterocycles. The van der Waals surface area contributed by atoms with Crippen LogP contribution in [0.15, 0.2) is 18.2 Å². The Kier molecular flexibility index (Phi) is 2.61. The van der Waals surface area contributed by atoms with Gasteiger partial charge in [-0.05, 0) is 38.6 Å². The summed E-state index contributed by atoms with van der Waals surface area (Å²) in [5.74, 6) is 0.922. The highest BCUT2D eigenvalue weighted by Crippen LogP contribution is 2.36. The van der Waals surface area contributed by atoms with E-state index >= 15 is 0 Å². The molecule has 2 rings (SSSR count). The quantitative estimate of drug-likeness (QED) is 0.681. The van der Waals surface area contributed by atoms with E-state index < -0.39 is 7.14 Å². The van der Waals surface area contributed by atoms with Crippen molar-refractivity contribution in [3.63, 3.8) is 0 Å². The van der Waals surface area contributed by atoms with Crippen molar-refractivity contribution in [2.45, 2.75) is 6.54 Å². The SMILES string of the molecule is CN1COc2ccc(P(C)(C)=O)cc2C1. The van der Waals surface area contributed by atoms with Crippen LogP contribution in [-0.4, -0.2) is 32.0 Å². The van der Waals surface area contributed by atoms with Crippen LogP contribution in [0.5, 0.6) is 5.75 Å². The molecule has 0 aliphatic carbocycles. The van der Waals surface area contributed by atoms with Gasteiger partial charge in [0.2, 0.25) is 0 Å². The first-order valence-corrected chi connectivity index (χ1v) is 7.57. The zero-order valence-corrected chi connectivity index (χ0v) is 10.3. The largest absolute Gasteiger partial charge is 0.478 e. The Morgan fingerprint density at radius 2 is 2.13 bits per heavy atom. The van der Waals surface area contributed by atoms with E-state index in [1.165, 1.54) is 0 Å². The molecular weight excluding hydrogens is 209 g/mol. The molecule has 0 unspecified atom stereocenters. The van der Waals surface area contributed by atoms with Gasteiger partial charge in [-0.15, -0.1) is 0 Å². The number of nitrogens with zero attached hydrogens (tertiary/aromatic N) is 1. The fourth-order valence-corrected chi connectivity index (χ4v) is 2.58. The maximum atomic E-state index is 11.9. The highest BCUT2D eigenvalue weighted by molar-refractivity contribution is 7.70. The number of fused-ring (bicyclic) bond motifs is 1. The minimum atomic E-state index is -2.16. The summed E-state index contributed by atoms with van der Waals surface area (Å²) in [4.78, 5) is 2.09. The minimum Gasteiger partial charge on any atom is -0.478 e. The predicted octanol–water partition coefficient (Wildman–Crippen LogP) is 1.72. The van der Waals surface area contributed by atoms with Gasteiger partial charge >= 0.3 is 0 Å². The van der Waals surface area contributed by atoms with Crippen LogP contribution in [0, 0.1) is 0 Å². The smallest absolute Gasteiger partial charge is 0.142 e. The highest BCUT2D eigenvalue weighted by Gasteiger charge is 2.18. The van der Waals surface area contributed by atoms with Gasteiger partial charge in [-0.2, -0.15) is 0 Å². The van der Waals surface area contributed by atoms with Gasteiger partial charge in [-0.1, -0.05) is 0 Å². The normalized spacial score (nSPS) is 17.0. The molecule has 0 radical (unpaired) electrons. The van der Waals surface area contributed by atoms with Crippen LogP contribution >= 0.6 is 7.14 Å². The van der Waals surface area contributed by atoms with E-state index in [0.717, 1.165) is 23.2 Å². The molecule has 82 valence electrons. The number of ether oxygens (including phenoxy) is 1. The zero-order chi connectivity index (χ0) is 11.1. The Labute approximate surface area is 90.4 Å². The van der Waals surface area contributed by atoms with Crippen molar-refractivity contribution in [1.82, 2.24) is 4.90 Å². The zero-order valence-electron chi connectivity index (χ0n) is 9.36. The van der Waals surface area contributed by atoms with Gasteiger partial charge in [0, 0.05) is 17.4 Å². The molecule has 1 aliphatic rings. The Morgan fingerprint density at radius 1 is 1.40 bits per heavy atom. The lowest BCUT2D eigenvalue weighted by atomic mass is 10.2. The first-order valence-electron chi connectivity index (χ1n) is 4.96. The first kappa shape index (κ1) is 10.7. The van der Waals surface area contributed by atoms with Crippen molar-refractivity contribution in [2.75, 3.05) is 27.1 Å². The molecule has 4 heteroatoms. The van der Waals surface area contributed by atoms with Gasteiger partial charge in [0.1, 0.15) is 19.6 Å². The molecule has 1 aromatic rings. The van der Waals surface area contributed by atoms with Crippen LogP contribution in [0.25, 0.3) is 0 Å². The van der Waals surface area contributed by atoms with Crippen molar-refractivity contribution < 1.29 is 9.30 Å². The number of benzene rings is 1. The summed E-state index contributed by atoms with van der Waals surface area (Å²) in [5, 5.41) is 0.931. The molecule has 0 saturated heterocycles. The van der Waals surface area contributed by atoms with E-state index in [9.17, 15) is 4.57 Å². The fraction of sp³-hybridized carbons (Fsp3) is 0.455. The van der Waals surface area contributed by atoms with Crippen LogP contribution < -0.4 is 10.0 Å². The van der Waals surface area contributed by atoms with Crippen LogP contribution in [-0.2, 0) is 11.1 Å². The topological polar surface area (TPSA) is 29.5 Å². The molecule has 0 bridgehead atoms. The van der Waals surface area contributed by atoms with Crippen LogP contribution in [0.1, 0.15) is 5.56 Å². The van der Waals surface area contributed by atoms with E-state index in [1.807, 2.05) is 25.2 Å². The van der Waals surface area contributed by atoms with E-state index in [2.05, 4.69) is 4.90 Å². The van der Waals surface area contributed by atoms with Crippen molar-refractivity contribution in [1.29, 1.82) is 0 Å². The summed E-state index contributed by atoms with van der Waals surface area (Å²) in [6.07, 6.45) is 0. The molecule has 3 nitrogen and oxygen atoms in total. The van der Waals surface area contributed by atoms with Gasteiger partial charge in [0.25, 0.3) is 0 Å². The Hall–Kier alpha value is -0.790. The number of hydrogen-bond donors (Lipinski definition) is 0. The minimum absolute atomic E-state index is 0.627. The first-order chi connectivity index (χ1) is 6.97. The van der Waals surface area contributed by atoms with Crippen molar-refractivity contribution in [3.8, 4) is 5.75 Å². The summed E-state index contributed by atoms with van der Waals surface area (Å²) in [5.41, 5.74) is 1.13. The molecule has 1 aromatic carbocycles. The van der Waals surface area contributed by atoms with Crippen LogP contribution in [0.4, 0.5) is 0 Å². The molecule has 0 fully saturated rings. The lowest BCUT2D eigenvalue weighted by Gasteiger charge is -2.26. The molecule has 0 atom stereocenters.